The monoisotopic (exact) mass is 242 g/mol. The molecule has 0 fully saturated rings. The highest BCUT2D eigenvalue weighted by Crippen LogP contribution is 2.11. The average molecular weight is 242 g/mol. The number of rotatable bonds is 5. The maximum atomic E-state index is 11.7. The minimum absolute atomic E-state index is 0.0511. The van der Waals surface area contributed by atoms with Gasteiger partial charge in [0.25, 0.3) is 5.91 Å². The van der Waals surface area contributed by atoms with Crippen molar-refractivity contribution in [2.75, 3.05) is 6.54 Å². The van der Waals surface area contributed by atoms with Crippen LogP contribution >= 0.6 is 0 Å². The number of hydrogen-bond acceptors (Lipinski definition) is 5. The number of aryl methyl sites for hydroxylation is 2. The summed E-state index contributed by atoms with van der Waals surface area (Å²) in [6.07, 6.45) is -1.52. The maximum absolute atomic E-state index is 11.7. The van der Waals surface area contributed by atoms with Crippen LogP contribution in [0.4, 0.5) is 0 Å². The lowest BCUT2D eigenvalue weighted by Gasteiger charge is -2.06. The molecule has 0 spiro atoms. The molecule has 1 amide bonds. The third-order valence-corrected chi connectivity index (χ3v) is 2.25. The molecular weight excluding hydrogens is 228 g/mol. The predicted octanol–water partition coefficient (Wildman–Crippen LogP) is -0.143. The van der Waals surface area contributed by atoms with Gasteiger partial charge in [0.2, 0.25) is 0 Å². The lowest BCUT2D eigenvalue weighted by molar-refractivity contribution is -0.146. The van der Waals surface area contributed by atoms with E-state index in [0.717, 1.165) is 0 Å². The standard InChI is InChI=1S/C10H14N2O5/c1-5-8(6(2)17-12-5)9(14)11-4-3-7(13)10(15)16/h7,13H,3-4H2,1-2H3,(H,11,14)(H,15,16). The van der Waals surface area contributed by atoms with Gasteiger partial charge in [-0.1, -0.05) is 5.16 Å². The number of aliphatic hydroxyl groups excluding tert-OH is 1. The Morgan fingerprint density at radius 3 is 2.59 bits per heavy atom. The van der Waals surface area contributed by atoms with Crippen LogP contribution in [-0.2, 0) is 4.79 Å². The van der Waals surface area contributed by atoms with Gasteiger partial charge >= 0.3 is 5.97 Å². The normalized spacial score (nSPS) is 12.2. The summed E-state index contributed by atoms with van der Waals surface area (Å²) < 4.78 is 4.83. The number of aromatic nitrogens is 1. The summed E-state index contributed by atoms with van der Waals surface area (Å²) in [6, 6.07) is 0. The maximum Gasteiger partial charge on any atom is 0.332 e. The molecule has 1 aromatic rings. The van der Waals surface area contributed by atoms with Crippen LogP contribution < -0.4 is 5.32 Å². The third-order valence-electron chi connectivity index (χ3n) is 2.25. The summed E-state index contributed by atoms with van der Waals surface area (Å²) in [6.45, 7) is 3.31. The molecule has 7 heteroatoms. The average Bonchev–Trinajstić information content (AvgIpc) is 2.58. The Hall–Kier alpha value is -1.89. The number of aliphatic hydroxyl groups is 1. The molecule has 0 radical (unpaired) electrons. The summed E-state index contributed by atoms with van der Waals surface area (Å²) in [4.78, 5) is 22.0. The molecule has 1 atom stereocenters. The Balaban J connectivity index is 2.49. The van der Waals surface area contributed by atoms with E-state index in [9.17, 15) is 9.59 Å². The van der Waals surface area contributed by atoms with E-state index < -0.39 is 12.1 Å². The van der Waals surface area contributed by atoms with Gasteiger partial charge in [-0.05, 0) is 13.8 Å². The minimum atomic E-state index is -1.47. The molecule has 0 aliphatic rings. The zero-order valence-corrected chi connectivity index (χ0v) is 9.56. The number of aliphatic carboxylic acids is 1. The molecule has 0 aliphatic heterocycles. The van der Waals surface area contributed by atoms with E-state index in [4.69, 9.17) is 14.7 Å². The van der Waals surface area contributed by atoms with Gasteiger partial charge in [-0.2, -0.15) is 0 Å². The number of carbonyl (C=O) groups is 2. The lowest BCUT2D eigenvalue weighted by atomic mass is 10.2. The van der Waals surface area contributed by atoms with E-state index >= 15 is 0 Å². The van der Waals surface area contributed by atoms with E-state index in [-0.39, 0.29) is 18.9 Å². The first-order chi connectivity index (χ1) is 7.93. The van der Waals surface area contributed by atoms with Gasteiger partial charge < -0.3 is 20.1 Å². The summed E-state index contributed by atoms with van der Waals surface area (Å²) in [7, 11) is 0. The molecule has 0 aromatic carbocycles. The van der Waals surface area contributed by atoms with Gasteiger partial charge in [0.15, 0.2) is 6.10 Å². The predicted molar refractivity (Wildman–Crippen MR) is 56.6 cm³/mol. The first-order valence-electron chi connectivity index (χ1n) is 5.05. The Kier molecular flexibility index (Phi) is 4.22. The van der Waals surface area contributed by atoms with E-state index in [1.54, 1.807) is 13.8 Å². The zero-order chi connectivity index (χ0) is 13.0. The second-order valence-electron chi connectivity index (χ2n) is 3.60. The van der Waals surface area contributed by atoms with E-state index in [0.29, 0.717) is 17.0 Å². The van der Waals surface area contributed by atoms with Crippen LogP contribution in [0.25, 0.3) is 0 Å². The zero-order valence-electron chi connectivity index (χ0n) is 9.56. The highest BCUT2D eigenvalue weighted by atomic mass is 16.5. The van der Waals surface area contributed by atoms with Crippen molar-refractivity contribution in [3.8, 4) is 0 Å². The quantitative estimate of drug-likeness (QED) is 0.662. The second-order valence-corrected chi connectivity index (χ2v) is 3.60. The number of carbonyl (C=O) groups excluding carboxylic acids is 1. The summed E-state index contributed by atoms with van der Waals surface area (Å²) in [5.74, 6) is -1.30. The highest BCUT2D eigenvalue weighted by molar-refractivity contribution is 5.96. The molecule has 1 heterocycles. The Labute approximate surface area is 97.4 Å². The highest BCUT2D eigenvalue weighted by Gasteiger charge is 2.18. The van der Waals surface area contributed by atoms with E-state index in [1.807, 2.05) is 0 Å². The lowest BCUT2D eigenvalue weighted by Crippen LogP contribution is -2.30. The molecule has 0 saturated carbocycles. The molecule has 7 nitrogen and oxygen atoms in total. The summed E-state index contributed by atoms with van der Waals surface area (Å²) in [5, 5.41) is 23.5. The molecule has 1 aromatic heterocycles. The van der Waals surface area contributed by atoms with Crippen molar-refractivity contribution in [2.24, 2.45) is 0 Å². The largest absolute Gasteiger partial charge is 0.479 e. The van der Waals surface area contributed by atoms with Gasteiger partial charge in [-0.15, -0.1) is 0 Å². The molecule has 0 aliphatic carbocycles. The smallest absolute Gasteiger partial charge is 0.332 e. The van der Waals surface area contributed by atoms with Crippen LogP contribution in [0.15, 0.2) is 4.52 Å². The SMILES string of the molecule is Cc1noc(C)c1C(=O)NCCC(O)C(=O)O. The van der Waals surface area contributed by atoms with Crippen LogP contribution in [0.5, 0.6) is 0 Å². The van der Waals surface area contributed by atoms with Gasteiger partial charge in [0.1, 0.15) is 11.3 Å². The molecule has 1 rings (SSSR count). The Bertz CT molecular complexity index is 407. The van der Waals surface area contributed by atoms with E-state index in [2.05, 4.69) is 10.5 Å². The molecule has 17 heavy (non-hydrogen) atoms. The minimum Gasteiger partial charge on any atom is -0.479 e. The molecule has 3 N–H and O–H groups in total. The Morgan fingerprint density at radius 1 is 1.47 bits per heavy atom. The van der Waals surface area contributed by atoms with Gasteiger partial charge in [-0.3, -0.25) is 4.79 Å². The van der Waals surface area contributed by atoms with Crippen molar-refractivity contribution in [1.29, 1.82) is 0 Å². The number of nitrogens with one attached hydrogen (secondary N) is 1. The first-order valence-corrected chi connectivity index (χ1v) is 5.05. The van der Waals surface area contributed by atoms with Crippen molar-refractivity contribution in [2.45, 2.75) is 26.4 Å². The van der Waals surface area contributed by atoms with E-state index in [1.165, 1.54) is 0 Å². The van der Waals surface area contributed by atoms with Crippen LogP contribution in [0.2, 0.25) is 0 Å². The molecule has 0 saturated heterocycles. The number of amides is 1. The van der Waals surface area contributed by atoms with Crippen LogP contribution in [0.1, 0.15) is 28.2 Å². The van der Waals surface area contributed by atoms with Crippen LogP contribution in [0, 0.1) is 13.8 Å². The number of carboxylic acid groups (broad SMARTS) is 1. The van der Waals surface area contributed by atoms with Crippen molar-refractivity contribution >= 4 is 11.9 Å². The molecule has 1 unspecified atom stereocenters. The topological polar surface area (TPSA) is 113 Å². The fourth-order valence-electron chi connectivity index (χ4n) is 1.34. The van der Waals surface area contributed by atoms with Gasteiger partial charge in [-0.25, -0.2) is 4.79 Å². The number of hydrogen-bond donors (Lipinski definition) is 3. The summed E-state index contributed by atoms with van der Waals surface area (Å²) in [5.41, 5.74) is 0.814. The first kappa shape index (κ1) is 13.2. The van der Waals surface area contributed by atoms with Gasteiger partial charge in [0.05, 0.1) is 5.69 Å². The fourth-order valence-corrected chi connectivity index (χ4v) is 1.34. The Morgan fingerprint density at radius 2 is 2.12 bits per heavy atom. The molecular formula is C10H14N2O5. The van der Waals surface area contributed by atoms with Crippen molar-refractivity contribution in [3.05, 3.63) is 17.0 Å². The second kappa shape index (κ2) is 5.44. The van der Waals surface area contributed by atoms with Crippen molar-refractivity contribution in [3.63, 3.8) is 0 Å². The van der Waals surface area contributed by atoms with Crippen LogP contribution in [-0.4, -0.2) is 39.9 Å². The number of carboxylic acids is 1. The number of nitrogens with zero attached hydrogens (tertiary/aromatic N) is 1. The van der Waals surface area contributed by atoms with Crippen LogP contribution in [0.3, 0.4) is 0 Å². The molecule has 0 bridgehead atoms. The van der Waals surface area contributed by atoms with Gasteiger partial charge in [0, 0.05) is 13.0 Å². The fraction of sp³-hybridized carbons (Fsp3) is 0.500. The van der Waals surface area contributed by atoms with Crippen molar-refractivity contribution in [1.82, 2.24) is 10.5 Å². The van der Waals surface area contributed by atoms with Crippen molar-refractivity contribution < 1.29 is 24.3 Å². The third kappa shape index (κ3) is 3.28. The molecule has 94 valence electrons. The summed E-state index contributed by atoms with van der Waals surface area (Å²) >= 11 is 0.